The molecule has 0 spiro atoms. The van der Waals surface area contributed by atoms with E-state index in [9.17, 15) is 5.11 Å². The van der Waals surface area contributed by atoms with E-state index in [1.807, 2.05) is 10.8 Å². The van der Waals surface area contributed by atoms with Gasteiger partial charge < -0.3 is 14.8 Å². The third-order valence-corrected chi connectivity index (χ3v) is 6.39. The molecule has 1 aliphatic rings. The number of aromatic nitrogens is 2. The van der Waals surface area contributed by atoms with E-state index in [0.29, 0.717) is 30.8 Å². The Kier molecular flexibility index (Phi) is 8.50. The number of unbranched alkanes of at least 4 members (excludes halogenated alkanes) is 1. The average molecular weight is 433 g/mol. The fraction of sp³-hybridized carbons (Fsp3) is 0.464. The molecule has 0 bridgehead atoms. The second-order valence-electron chi connectivity index (χ2n) is 8.90. The topological polar surface area (TPSA) is 58.3 Å². The highest BCUT2D eigenvalue weighted by molar-refractivity contribution is 5.66. The molecular weight excluding hydrogens is 396 g/mol. The van der Waals surface area contributed by atoms with Gasteiger partial charge in [0, 0.05) is 37.0 Å². The molecular formula is C28H36N2O2. The van der Waals surface area contributed by atoms with Crippen molar-refractivity contribution in [3.63, 3.8) is 0 Å². The van der Waals surface area contributed by atoms with Gasteiger partial charge in [-0.05, 0) is 67.4 Å². The fourth-order valence-corrected chi connectivity index (χ4v) is 4.56. The molecule has 1 fully saturated rings. The SMILES string of the molecule is C=C(/C=C(\C)c1ccc(C#CC2C(CC)C2CCCCO)cc1)Cn1ccnc1[C@H](C)O. The average Bonchev–Trinajstić information content (AvgIpc) is 3.23. The van der Waals surface area contributed by atoms with Crippen LogP contribution < -0.4 is 0 Å². The first-order valence-electron chi connectivity index (χ1n) is 11.7. The van der Waals surface area contributed by atoms with Crippen LogP contribution in [0.3, 0.4) is 0 Å². The molecule has 0 radical (unpaired) electrons. The van der Waals surface area contributed by atoms with Crippen LogP contribution in [-0.2, 0) is 6.54 Å². The summed E-state index contributed by atoms with van der Waals surface area (Å²) >= 11 is 0. The molecule has 4 heteroatoms. The van der Waals surface area contributed by atoms with Gasteiger partial charge in [-0.1, -0.05) is 56.4 Å². The molecule has 170 valence electrons. The van der Waals surface area contributed by atoms with Crippen LogP contribution in [0.25, 0.3) is 5.57 Å². The van der Waals surface area contributed by atoms with E-state index in [1.54, 1.807) is 13.1 Å². The summed E-state index contributed by atoms with van der Waals surface area (Å²) < 4.78 is 1.92. The Labute approximate surface area is 192 Å². The number of hydrogen-bond donors (Lipinski definition) is 2. The van der Waals surface area contributed by atoms with Crippen molar-refractivity contribution in [2.24, 2.45) is 17.8 Å². The van der Waals surface area contributed by atoms with Crippen molar-refractivity contribution in [1.82, 2.24) is 9.55 Å². The predicted octanol–water partition coefficient (Wildman–Crippen LogP) is 5.38. The minimum atomic E-state index is -0.601. The Morgan fingerprint density at radius 2 is 2.00 bits per heavy atom. The molecule has 0 saturated heterocycles. The number of nitrogens with zero attached hydrogens (tertiary/aromatic N) is 2. The molecule has 4 nitrogen and oxygen atoms in total. The molecule has 4 atom stereocenters. The van der Waals surface area contributed by atoms with E-state index >= 15 is 0 Å². The van der Waals surface area contributed by atoms with Crippen molar-refractivity contribution >= 4 is 5.57 Å². The number of rotatable bonds is 10. The summed E-state index contributed by atoms with van der Waals surface area (Å²) in [5, 5.41) is 18.8. The Hall–Kier alpha value is -2.61. The monoisotopic (exact) mass is 432 g/mol. The number of aliphatic hydroxyl groups is 2. The van der Waals surface area contributed by atoms with Crippen molar-refractivity contribution in [2.75, 3.05) is 6.61 Å². The summed E-state index contributed by atoms with van der Waals surface area (Å²) in [6.45, 7) is 11.1. The number of imidazole rings is 1. The molecule has 1 saturated carbocycles. The maximum absolute atomic E-state index is 9.82. The molecule has 3 unspecified atom stereocenters. The van der Waals surface area contributed by atoms with Gasteiger partial charge in [-0.3, -0.25) is 0 Å². The van der Waals surface area contributed by atoms with Gasteiger partial charge in [-0.2, -0.15) is 0 Å². The van der Waals surface area contributed by atoms with E-state index in [4.69, 9.17) is 5.11 Å². The van der Waals surface area contributed by atoms with Crippen LogP contribution in [-0.4, -0.2) is 26.4 Å². The van der Waals surface area contributed by atoms with Crippen molar-refractivity contribution in [1.29, 1.82) is 0 Å². The first kappa shape index (κ1) is 24.0. The zero-order valence-corrected chi connectivity index (χ0v) is 19.6. The molecule has 0 amide bonds. The number of allylic oxidation sites excluding steroid dienone is 3. The van der Waals surface area contributed by atoms with Gasteiger partial charge in [-0.25, -0.2) is 4.98 Å². The zero-order chi connectivity index (χ0) is 23.1. The molecule has 1 aliphatic carbocycles. The van der Waals surface area contributed by atoms with Crippen molar-refractivity contribution in [2.45, 2.75) is 59.1 Å². The van der Waals surface area contributed by atoms with Crippen molar-refractivity contribution < 1.29 is 10.2 Å². The summed E-state index contributed by atoms with van der Waals surface area (Å²) in [6.07, 6.45) is 9.42. The lowest BCUT2D eigenvalue weighted by Gasteiger charge is -2.10. The number of aliphatic hydroxyl groups excluding tert-OH is 2. The quantitative estimate of drug-likeness (QED) is 0.301. The summed E-state index contributed by atoms with van der Waals surface area (Å²) in [4.78, 5) is 4.21. The largest absolute Gasteiger partial charge is 0.396 e. The fourth-order valence-electron chi connectivity index (χ4n) is 4.56. The zero-order valence-electron chi connectivity index (χ0n) is 19.6. The molecule has 2 N–H and O–H groups in total. The summed E-state index contributed by atoms with van der Waals surface area (Å²) in [7, 11) is 0. The number of benzene rings is 1. The standard InChI is InChI=1S/C28H36N2O2/c1-5-25-26(8-6-7-17-31)27(25)14-11-23-9-12-24(13-10-23)21(3)18-20(2)19-30-16-15-29-28(30)22(4)32/h9-10,12-13,15-16,18,22,25-27,31-32H,2,5-8,17,19H2,1,3-4H3/b21-18+/t22-,25?,26?,27?/m0/s1. The third-order valence-electron chi connectivity index (χ3n) is 6.39. The number of hydrogen-bond acceptors (Lipinski definition) is 3. The second kappa shape index (κ2) is 11.3. The molecule has 0 aliphatic heterocycles. The minimum absolute atomic E-state index is 0.292. The minimum Gasteiger partial charge on any atom is -0.396 e. The highest BCUT2D eigenvalue weighted by Gasteiger charge is 2.46. The van der Waals surface area contributed by atoms with Crippen LogP contribution >= 0.6 is 0 Å². The van der Waals surface area contributed by atoms with E-state index in [2.05, 4.69) is 67.6 Å². The Balaban J connectivity index is 1.59. The lowest BCUT2D eigenvalue weighted by molar-refractivity contribution is 0.184. The smallest absolute Gasteiger partial charge is 0.137 e. The van der Waals surface area contributed by atoms with Crippen LogP contribution in [0.5, 0.6) is 0 Å². The van der Waals surface area contributed by atoms with Crippen LogP contribution in [0, 0.1) is 29.6 Å². The first-order valence-corrected chi connectivity index (χ1v) is 11.7. The summed E-state index contributed by atoms with van der Waals surface area (Å²) in [5.74, 6) is 9.47. The molecule has 1 aromatic heterocycles. The van der Waals surface area contributed by atoms with Crippen LogP contribution in [0.4, 0.5) is 0 Å². The Morgan fingerprint density at radius 1 is 1.25 bits per heavy atom. The lowest BCUT2D eigenvalue weighted by Crippen LogP contribution is -2.07. The summed E-state index contributed by atoms with van der Waals surface area (Å²) in [6, 6.07) is 8.41. The van der Waals surface area contributed by atoms with Gasteiger partial charge in [0.15, 0.2) is 0 Å². The van der Waals surface area contributed by atoms with Gasteiger partial charge >= 0.3 is 0 Å². The van der Waals surface area contributed by atoms with E-state index in [0.717, 1.165) is 41.0 Å². The van der Waals surface area contributed by atoms with Gasteiger partial charge in [-0.15, -0.1) is 0 Å². The van der Waals surface area contributed by atoms with E-state index in [1.165, 1.54) is 12.8 Å². The van der Waals surface area contributed by atoms with Gasteiger partial charge in [0.1, 0.15) is 11.9 Å². The Bertz CT molecular complexity index is 988. The van der Waals surface area contributed by atoms with Crippen molar-refractivity contribution in [3.8, 4) is 11.8 Å². The predicted molar refractivity (Wildman–Crippen MR) is 131 cm³/mol. The maximum atomic E-state index is 9.82. The molecule has 1 aromatic carbocycles. The van der Waals surface area contributed by atoms with Crippen molar-refractivity contribution in [3.05, 3.63) is 71.8 Å². The normalized spacial score (nSPS) is 21.0. The molecule has 3 rings (SSSR count). The Morgan fingerprint density at radius 3 is 2.66 bits per heavy atom. The molecule has 32 heavy (non-hydrogen) atoms. The molecule has 1 heterocycles. The highest BCUT2D eigenvalue weighted by atomic mass is 16.3. The molecule has 2 aromatic rings. The second-order valence-corrected chi connectivity index (χ2v) is 8.90. The van der Waals surface area contributed by atoms with Gasteiger partial charge in [0.25, 0.3) is 0 Å². The van der Waals surface area contributed by atoms with Gasteiger partial charge in [0.05, 0.1) is 0 Å². The van der Waals surface area contributed by atoms with Gasteiger partial charge in [0.2, 0.25) is 0 Å². The maximum Gasteiger partial charge on any atom is 0.137 e. The van der Waals surface area contributed by atoms with Crippen LogP contribution in [0.15, 0.2) is 54.9 Å². The summed E-state index contributed by atoms with van der Waals surface area (Å²) in [5.41, 5.74) is 4.30. The van der Waals surface area contributed by atoms with Crippen LogP contribution in [0.1, 0.15) is 69.5 Å². The van der Waals surface area contributed by atoms with E-state index in [-0.39, 0.29) is 0 Å². The third kappa shape index (κ3) is 6.22. The van der Waals surface area contributed by atoms with Crippen LogP contribution in [0.2, 0.25) is 0 Å². The lowest BCUT2D eigenvalue weighted by atomic mass is 10.0. The van der Waals surface area contributed by atoms with E-state index < -0.39 is 6.10 Å². The highest BCUT2D eigenvalue weighted by Crippen LogP contribution is 2.51. The first-order chi connectivity index (χ1) is 15.4.